The van der Waals surface area contributed by atoms with E-state index in [-0.39, 0.29) is 12.4 Å². The first-order valence-electron chi connectivity index (χ1n) is 8.02. The molecule has 0 saturated carbocycles. The molecule has 138 valence electrons. The Hall–Kier alpha value is -3.13. The highest BCUT2D eigenvalue weighted by Gasteiger charge is 2.11. The van der Waals surface area contributed by atoms with Crippen LogP contribution in [0.2, 0.25) is 0 Å². The second kappa shape index (κ2) is 9.00. The molecule has 3 rings (SSSR count). The number of aryl methyl sites for hydroxylation is 1. The van der Waals surface area contributed by atoms with Crippen LogP contribution < -0.4 is 14.9 Å². The van der Waals surface area contributed by atoms with Gasteiger partial charge in [-0.1, -0.05) is 29.5 Å². The fourth-order valence-electron chi connectivity index (χ4n) is 2.01. The number of esters is 1. The zero-order chi connectivity index (χ0) is 19.1. The summed E-state index contributed by atoms with van der Waals surface area (Å²) in [7, 11) is 0. The number of ether oxygens (including phenoxy) is 2. The van der Waals surface area contributed by atoms with Gasteiger partial charge in [-0.05, 0) is 25.1 Å². The standard InChI is InChI=1S/C19H16N2O5S/c1-13-3-5-14(6-4-13)25-11-18(23)26-17-10-24-15(9-16(17)22)12-27-19-20-7-2-8-21-19/h2-10H,11-12H2,1H3. The maximum Gasteiger partial charge on any atom is 0.349 e. The van der Waals surface area contributed by atoms with Crippen molar-refractivity contribution in [3.8, 4) is 11.5 Å². The predicted octanol–water partition coefficient (Wildman–Crippen LogP) is 3.01. The molecular formula is C19H16N2O5S. The molecule has 3 aromatic rings. The van der Waals surface area contributed by atoms with Crippen molar-refractivity contribution < 1.29 is 18.7 Å². The van der Waals surface area contributed by atoms with Crippen molar-refractivity contribution >= 4 is 17.7 Å². The van der Waals surface area contributed by atoms with Gasteiger partial charge in [-0.25, -0.2) is 14.8 Å². The average Bonchev–Trinajstić information content (AvgIpc) is 2.69. The molecule has 0 amide bonds. The number of thioether (sulfide) groups is 1. The minimum absolute atomic E-state index is 0.183. The third-order valence-electron chi connectivity index (χ3n) is 3.34. The van der Waals surface area contributed by atoms with Crippen LogP contribution >= 0.6 is 11.8 Å². The van der Waals surface area contributed by atoms with Crippen LogP contribution in [-0.4, -0.2) is 22.5 Å². The summed E-state index contributed by atoms with van der Waals surface area (Å²) in [5, 5.41) is 0.573. The maximum absolute atomic E-state index is 12.1. The fraction of sp³-hybridized carbons (Fsp3) is 0.158. The van der Waals surface area contributed by atoms with Crippen molar-refractivity contribution in [3.63, 3.8) is 0 Å². The quantitative estimate of drug-likeness (QED) is 0.349. The van der Waals surface area contributed by atoms with Crippen LogP contribution in [0.5, 0.6) is 11.5 Å². The van der Waals surface area contributed by atoms with Gasteiger partial charge in [0.25, 0.3) is 0 Å². The van der Waals surface area contributed by atoms with E-state index in [9.17, 15) is 9.59 Å². The number of rotatable bonds is 7. The van der Waals surface area contributed by atoms with E-state index in [0.29, 0.717) is 22.4 Å². The summed E-state index contributed by atoms with van der Waals surface area (Å²) < 4.78 is 15.7. The lowest BCUT2D eigenvalue weighted by molar-refractivity contribution is -0.136. The van der Waals surface area contributed by atoms with E-state index in [1.165, 1.54) is 17.8 Å². The van der Waals surface area contributed by atoms with Crippen LogP contribution in [0.3, 0.4) is 0 Å². The van der Waals surface area contributed by atoms with Crippen molar-refractivity contribution in [2.75, 3.05) is 6.61 Å². The van der Waals surface area contributed by atoms with Crippen LogP contribution in [0.1, 0.15) is 11.3 Å². The number of hydrogen-bond donors (Lipinski definition) is 0. The molecule has 2 aromatic heterocycles. The summed E-state index contributed by atoms with van der Waals surface area (Å²) in [5.41, 5.74) is 0.633. The van der Waals surface area contributed by atoms with Gasteiger partial charge in [0, 0.05) is 18.5 Å². The molecule has 0 aliphatic rings. The monoisotopic (exact) mass is 384 g/mol. The Morgan fingerprint density at radius 2 is 1.93 bits per heavy atom. The average molecular weight is 384 g/mol. The number of carbonyl (C=O) groups excluding carboxylic acids is 1. The third kappa shape index (κ3) is 5.68. The molecule has 0 saturated heterocycles. The number of aromatic nitrogens is 2. The highest BCUT2D eigenvalue weighted by Crippen LogP contribution is 2.18. The summed E-state index contributed by atoms with van der Waals surface area (Å²) in [5.74, 6) is 0.470. The van der Waals surface area contributed by atoms with Crippen molar-refractivity contribution in [2.24, 2.45) is 0 Å². The predicted molar refractivity (Wildman–Crippen MR) is 98.9 cm³/mol. The highest BCUT2D eigenvalue weighted by atomic mass is 32.2. The molecule has 0 aliphatic carbocycles. The molecule has 27 heavy (non-hydrogen) atoms. The Morgan fingerprint density at radius 3 is 2.63 bits per heavy atom. The van der Waals surface area contributed by atoms with Gasteiger partial charge in [0.15, 0.2) is 11.8 Å². The Labute approximate surface area is 159 Å². The molecule has 0 radical (unpaired) electrons. The maximum atomic E-state index is 12.1. The Morgan fingerprint density at radius 1 is 1.19 bits per heavy atom. The fourth-order valence-corrected chi connectivity index (χ4v) is 2.71. The number of carbonyl (C=O) groups is 1. The van der Waals surface area contributed by atoms with Crippen LogP contribution in [0.25, 0.3) is 0 Å². The van der Waals surface area contributed by atoms with E-state index in [2.05, 4.69) is 9.97 Å². The first-order valence-corrected chi connectivity index (χ1v) is 9.00. The molecular weight excluding hydrogens is 368 g/mol. The summed E-state index contributed by atoms with van der Waals surface area (Å²) in [4.78, 5) is 32.1. The molecule has 0 spiro atoms. The lowest BCUT2D eigenvalue weighted by atomic mass is 10.2. The minimum atomic E-state index is -0.692. The number of nitrogens with zero attached hydrogens (tertiary/aromatic N) is 2. The van der Waals surface area contributed by atoms with Gasteiger partial charge < -0.3 is 13.9 Å². The summed E-state index contributed by atoms with van der Waals surface area (Å²) in [6, 6.07) is 10.2. The van der Waals surface area contributed by atoms with Gasteiger partial charge in [-0.15, -0.1) is 0 Å². The smallest absolute Gasteiger partial charge is 0.349 e. The Bertz CT molecular complexity index is 958. The second-order valence-corrected chi connectivity index (χ2v) is 6.41. The van der Waals surface area contributed by atoms with Crippen molar-refractivity contribution in [1.29, 1.82) is 0 Å². The minimum Gasteiger partial charge on any atom is -0.482 e. The molecule has 7 nitrogen and oxygen atoms in total. The van der Waals surface area contributed by atoms with Crippen LogP contribution in [0, 0.1) is 6.92 Å². The third-order valence-corrected chi connectivity index (χ3v) is 4.24. The SMILES string of the molecule is Cc1ccc(OCC(=O)Oc2coc(CSc3ncccn3)cc2=O)cc1. The van der Waals surface area contributed by atoms with Crippen LogP contribution in [0.4, 0.5) is 0 Å². The molecule has 0 fully saturated rings. The first-order chi connectivity index (χ1) is 13.1. The van der Waals surface area contributed by atoms with E-state index in [4.69, 9.17) is 13.9 Å². The number of hydrogen-bond acceptors (Lipinski definition) is 8. The normalized spacial score (nSPS) is 10.4. The van der Waals surface area contributed by atoms with Crippen LogP contribution in [0.15, 0.2) is 69.4 Å². The molecule has 8 heteroatoms. The van der Waals surface area contributed by atoms with Gasteiger partial charge in [0.2, 0.25) is 11.2 Å². The molecule has 2 heterocycles. The van der Waals surface area contributed by atoms with E-state index < -0.39 is 11.4 Å². The zero-order valence-corrected chi connectivity index (χ0v) is 15.3. The van der Waals surface area contributed by atoms with E-state index in [1.807, 2.05) is 19.1 Å². The van der Waals surface area contributed by atoms with E-state index in [0.717, 1.165) is 11.8 Å². The molecule has 0 N–H and O–H groups in total. The largest absolute Gasteiger partial charge is 0.482 e. The van der Waals surface area contributed by atoms with Gasteiger partial charge in [0.05, 0.1) is 5.75 Å². The molecule has 0 atom stereocenters. The van der Waals surface area contributed by atoms with Gasteiger partial charge >= 0.3 is 5.97 Å². The summed E-state index contributed by atoms with van der Waals surface area (Å²) in [6.45, 7) is 1.64. The van der Waals surface area contributed by atoms with Crippen molar-refractivity contribution in [1.82, 2.24) is 9.97 Å². The van der Waals surface area contributed by atoms with E-state index in [1.54, 1.807) is 30.6 Å². The Balaban J connectivity index is 1.53. The van der Waals surface area contributed by atoms with Gasteiger partial charge in [-0.3, -0.25) is 4.79 Å². The van der Waals surface area contributed by atoms with Gasteiger partial charge in [-0.2, -0.15) is 0 Å². The van der Waals surface area contributed by atoms with Gasteiger partial charge in [0.1, 0.15) is 17.8 Å². The highest BCUT2D eigenvalue weighted by molar-refractivity contribution is 7.98. The summed E-state index contributed by atoms with van der Waals surface area (Å²) >= 11 is 1.33. The zero-order valence-electron chi connectivity index (χ0n) is 14.5. The lowest BCUT2D eigenvalue weighted by Gasteiger charge is -2.07. The molecule has 1 aromatic carbocycles. The Kier molecular flexibility index (Phi) is 6.22. The first kappa shape index (κ1) is 18.7. The second-order valence-electron chi connectivity index (χ2n) is 5.47. The molecule has 0 aliphatic heterocycles. The lowest BCUT2D eigenvalue weighted by Crippen LogP contribution is -2.20. The van der Waals surface area contributed by atoms with Crippen molar-refractivity contribution in [2.45, 2.75) is 17.8 Å². The molecule has 0 unspecified atom stereocenters. The van der Waals surface area contributed by atoms with E-state index >= 15 is 0 Å². The summed E-state index contributed by atoms with van der Waals surface area (Å²) in [6.07, 6.45) is 4.38. The topological polar surface area (TPSA) is 91.5 Å². The molecule has 0 bridgehead atoms. The van der Waals surface area contributed by atoms with Crippen molar-refractivity contribution in [3.05, 3.63) is 76.6 Å². The van der Waals surface area contributed by atoms with Crippen LogP contribution in [-0.2, 0) is 10.5 Å². The number of benzene rings is 1.